The standard InChI is InChI=1S/C27H31ClN6O3S/c1-33(2)26(37)16-6-8-27(29,23(35)20-11-15-4-5-18(28)10-17(15)13-30-20)22(12-16)32-24(36)25-31-19-7-9-34(3)14-21(19)38-25/h4-5,10-11,13,16,22H,6-9,12,14,29H2,1-3H3,(H,32,36). The number of pyridine rings is 1. The zero-order valence-corrected chi connectivity index (χ0v) is 23.2. The number of nitrogens with two attached hydrogens (primary N) is 1. The van der Waals surface area contributed by atoms with Crippen molar-refractivity contribution in [1.82, 2.24) is 25.1 Å². The normalized spacial score (nSPS) is 23.6. The number of benzene rings is 1. The van der Waals surface area contributed by atoms with Crippen LogP contribution in [-0.2, 0) is 17.8 Å². The van der Waals surface area contributed by atoms with Crippen molar-refractivity contribution in [3.05, 3.63) is 56.8 Å². The minimum absolute atomic E-state index is 0.0489. The van der Waals surface area contributed by atoms with Gasteiger partial charge in [0.1, 0.15) is 11.2 Å². The van der Waals surface area contributed by atoms with Gasteiger partial charge in [0.25, 0.3) is 5.91 Å². The number of hydrogen-bond donors (Lipinski definition) is 2. The Morgan fingerprint density at radius 3 is 2.79 bits per heavy atom. The molecule has 1 aliphatic heterocycles. The van der Waals surface area contributed by atoms with Gasteiger partial charge in [0, 0.05) is 61.0 Å². The van der Waals surface area contributed by atoms with Crippen LogP contribution >= 0.6 is 22.9 Å². The molecule has 2 amide bonds. The van der Waals surface area contributed by atoms with E-state index in [-0.39, 0.29) is 42.1 Å². The number of Topliss-reactive ketones (excluding diaryl/α,β-unsaturated/α-hetero) is 1. The van der Waals surface area contributed by atoms with Gasteiger partial charge in [-0.2, -0.15) is 0 Å². The number of carbonyl (C=O) groups excluding carboxylic acids is 3. The van der Waals surface area contributed by atoms with Crippen molar-refractivity contribution in [3.63, 3.8) is 0 Å². The third kappa shape index (κ3) is 5.05. The zero-order valence-electron chi connectivity index (χ0n) is 21.7. The van der Waals surface area contributed by atoms with Crippen LogP contribution in [0.5, 0.6) is 0 Å². The molecule has 3 N–H and O–H groups in total. The molecule has 3 heterocycles. The second-order valence-electron chi connectivity index (χ2n) is 10.5. The maximum atomic E-state index is 13.9. The average Bonchev–Trinajstić information content (AvgIpc) is 3.32. The molecule has 0 bridgehead atoms. The topological polar surface area (TPSA) is 122 Å². The SMILES string of the molecule is CN1CCc2nc(C(=O)NC3CC(C(=O)N(C)C)CCC3(N)C(=O)c3cc4ccc(Cl)cc4cn3)sc2C1. The van der Waals surface area contributed by atoms with Crippen LogP contribution < -0.4 is 11.1 Å². The van der Waals surface area contributed by atoms with Gasteiger partial charge in [-0.15, -0.1) is 11.3 Å². The van der Waals surface area contributed by atoms with Crippen molar-refractivity contribution in [2.45, 2.75) is 43.8 Å². The van der Waals surface area contributed by atoms with Crippen molar-refractivity contribution in [2.24, 2.45) is 11.7 Å². The first-order chi connectivity index (χ1) is 18.0. The van der Waals surface area contributed by atoms with Crippen LogP contribution in [0.15, 0.2) is 30.5 Å². The zero-order chi connectivity index (χ0) is 27.2. The molecule has 3 unspecified atom stereocenters. The van der Waals surface area contributed by atoms with Gasteiger partial charge in [-0.25, -0.2) is 4.98 Å². The van der Waals surface area contributed by atoms with Gasteiger partial charge in [-0.1, -0.05) is 17.7 Å². The number of nitrogens with one attached hydrogen (secondary N) is 1. The van der Waals surface area contributed by atoms with Gasteiger partial charge in [0.2, 0.25) is 11.7 Å². The number of rotatable bonds is 5. The highest BCUT2D eigenvalue weighted by Crippen LogP contribution is 2.35. The summed E-state index contributed by atoms with van der Waals surface area (Å²) in [7, 11) is 5.44. The number of amides is 2. The van der Waals surface area contributed by atoms with Crippen LogP contribution in [0.4, 0.5) is 0 Å². The summed E-state index contributed by atoms with van der Waals surface area (Å²) in [5, 5.41) is 5.55. The fourth-order valence-corrected chi connectivity index (χ4v) is 6.64. The Labute approximate surface area is 230 Å². The summed E-state index contributed by atoms with van der Waals surface area (Å²) in [5.74, 6) is -1.15. The van der Waals surface area contributed by atoms with Gasteiger partial charge in [0.15, 0.2) is 5.01 Å². The monoisotopic (exact) mass is 554 g/mol. The van der Waals surface area contributed by atoms with Crippen molar-refractivity contribution < 1.29 is 14.4 Å². The molecule has 1 aromatic carbocycles. The molecule has 2 aromatic heterocycles. The van der Waals surface area contributed by atoms with Crippen LogP contribution in [0.2, 0.25) is 5.02 Å². The van der Waals surface area contributed by atoms with E-state index in [9.17, 15) is 14.4 Å². The Morgan fingerprint density at radius 2 is 2.03 bits per heavy atom. The highest BCUT2D eigenvalue weighted by molar-refractivity contribution is 7.13. The number of nitrogens with zero attached hydrogens (tertiary/aromatic N) is 4. The molecule has 1 saturated carbocycles. The summed E-state index contributed by atoms with van der Waals surface area (Å²) in [6.07, 6.45) is 3.32. The summed E-state index contributed by atoms with van der Waals surface area (Å²) in [6.45, 7) is 1.64. The quantitative estimate of drug-likeness (QED) is 0.465. The fraction of sp³-hybridized carbons (Fsp3) is 0.444. The van der Waals surface area contributed by atoms with E-state index in [0.29, 0.717) is 16.5 Å². The lowest BCUT2D eigenvalue weighted by molar-refractivity contribution is -0.134. The molecule has 0 radical (unpaired) electrons. The lowest BCUT2D eigenvalue weighted by atomic mass is 9.70. The van der Waals surface area contributed by atoms with Gasteiger partial charge >= 0.3 is 0 Å². The Hall–Kier alpha value is -2.92. The first-order valence-corrected chi connectivity index (χ1v) is 13.8. The molecule has 0 saturated heterocycles. The number of fused-ring (bicyclic) bond motifs is 2. The molecule has 2 aliphatic rings. The molecule has 38 heavy (non-hydrogen) atoms. The predicted molar refractivity (Wildman–Crippen MR) is 147 cm³/mol. The highest BCUT2D eigenvalue weighted by Gasteiger charge is 2.49. The molecular formula is C27H31ClN6O3S. The third-order valence-corrected chi connectivity index (χ3v) is 8.92. The number of thiazole rings is 1. The number of halogens is 1. The van der Waals surface area contributed by atoms with Crippen molar-refractivity contribution >= 4 is 51.3 Å². The molecule has 5 rings (SSSR count). The summed E-state index contributed by atoms with van der Waals surface area (Å²) < 4.78 is 0. The van der Waals surface area contributed by atoms with Gasteiger partial charge < -0.3 is 20.9 Å². The van der Waals surface area contributed by atoms with Crippen molar-refractivity contribution in [2.75, 3.05) is 27.7 Å². The fourth-order valence-electron chi connectivity index (χ4n) is 5.36. The molecule has 0 spiro atoms. The van der Waals surface area contributed by atoms with E-state index in [4.69, 9.17) is 17.3 Å². The largest absolute Gasteiger partial charge is 0.349 e. The van der Waals surface area contributed by atoms with E-state index in [2.05, 4.69) is 20.2 Å². The predicted octanol–water partition coefficient (Wildman–Crippen LogP) is 2.90. The van der Waals surface area contributed by atoms with Crippen LogP contribution in [0.3, 0.4) is 0 Å². The van der Waals surface area contributed by atoms with E-state index < -0.39 is 11.6 Å². The van der Waals surface area contributed by atoms with E-state index >= 15 is 0 Å². The number of hydrogen-bond acceptors (Lipinski definition) is 8. The molecule has 11 heteroatoms. The molecule has 3 atom stereocenters. The minimum Gasteiger partial charge on any atom is -0.349 e. The molecule has 3 aromatic rings. The van der Waals surface area contributed by atoms with E-state index in [1.165, 1.54) is 16.2 Å². The van der Waals surface area contributed by atoms with Crippen LogP contribution in [0, 0.1) is 5.92 Å². The molecule has 200 valence electrons. The molecule has 1 fully saturated rings. The van der Waals surface area contributed by atoms with E-state index in [1.54, 1.807) is 38.5 Å². The van der Waals surface area contributed by atoms with Crippen molar-refractivity contribution in [1.29, 1.82) is 0 Å². The maximum Gasteiger partial charge on any atom is 0.280 e. The van der Waals surface area contributed by atoms with Gasteiger partial charge in [-0.05, 0) is 49.9 Å². The number of ketones is 1. The Bertz CT molecular complexity index is 1430. The highest BCUT2D eigenvalue weighted by atomic mass is 35.5. The minimum atomic E-state index is -1.43. The third-order valence-electron chi connectivity index (χ3n) is 7.60. The van der Waals surface area contributed by atoms with Crippen LogP contribution in [0.1, 0.15) is 50.1 Å². The molecule has 1 aliphatic carbocycles. The number of likely N-dealkylation sites (N-methyl/N-ethyl adjacent to an activating group) is 1. The van der Waals surface area contributed by atoms with Crippen LogP contribution in [-0.4, -0.2) is 76.6 Å². The summed E-state index contributed by atoms with van der Waals surface area (Å²) in [5.41, 5.74) is 6.58. The number of aromatic nitrogens is 2. The molecular weight excluding hydrogens is 524 g/mol. The smallest absolute Gasteiger partial charge is 0.280 e. The van der Waals surface area contributed by atoms with Crippen LogP contribution in [0.25, 0.3) is 10.8 Å². The van der Waals surface area contributed by atoms with Gasteiger partial charge in [-0.3, -0.25) is 19.4 Å². The van der Waals surface area contributed by atoms with E-state index in [0.717, 1.165) is 40.9 Å². The first kappa shape index (κ1) is 26.7. The Morgan fingerprint density at radius 1 is 1.24 bits per heavy atom. The second kappa shape index (κ2) is 10.3. The Kier molecular flexibility index (Phi) is 7.25. The van der Waals surface area contributed by atoms with Gasteiger partial charge in [0.05, 0.1) is 11.7 Å². The first-order valence-electron chi connectivity index (χ1n) is 12.6. The van der Waals surface area contributed by atoms with Crippen molar-refractivity contribution in [3.8, 4) is 0 Å². The summed E-state index contributed by atoms with van der Waals surface area (Å²) in [6, 6.07) is 6.29. The maximum absolute atomic E-state index is 13.9. The molecule has 9 nitrogen and oxygen atoms in total. The summed E-state index contributed by atoms with van der Waals surface area (Å²) in [4.78, 5) is 53.9. The second-order valence-corrected chi connectivity index (χ2v) is 12.1. The Balaban J connectivity index is 1.45. The lowest BCUT2D eigenvalue weighted by Gasteiger charge is -2.43. The number of carbonyl (C=O) groups is 3. The van der Waals surface area contributed by atoms with E-state index in [1.807, 2.05) is 13.1 Å². The lowest BCUT2D eigenvalue weighted by Crippen LogP contribution is -2.66. The summed E-state index contributed by atoms with van der Waals surface area (Å²) >= 11 is 7.46. The average molecular weight is 555 g/mol.